The first-order chi connectivity index (χ1) is 3.27. The van der Waals surface area contributed by atoms with Crippen LogP contribution in [0.4, 0.5) is 0 Å². The van der Waals surface area contributed by atoms with E-state index in [0.29, 0.717) is 0 Å². The Hall–Kier alpha value is 0.280. The Morgan fingerprint density at radius 2 is 1.57 bits per heavy atom. The topological polar surface area (TPSA) is 17.1 Å². The first-order valence-corrected chi connectivity index (χ1v) is 2.37. The summed E-state index contributed by atoms with van der Waals surface area (Å²) in [6, 6.07) is 0. The van der Waals surface area contributed by atoms with Crippen LogP contribution >= 0.6 is 34.8 Å². The van der Waals surface area contributed by atoms with Crippen LogP contribution in [0.1, 0.15) is 0 Å². The van der Waals surface area contributed by atoms with Crippen LogP contribution in [0.2, 0.25) is 0 Å². The van der Waals surface area contributed by atoms with E-state index in [1.165, 1.54) is 0 Å². The summed E-state index contributed by atoms with van der Waals surface area (Å²) in [5, 5.41) is 0. The van der Waals surface area contributed by atoms with Gasteiger partial charge in [-0.2, -0.15) is 0 Å². The molecule has 0 heterocycles. The SMILES string of the molecule is C=O.ClC=C(Cl)Cl. The summed E-state index contributed by atoms with van der Waals surface area (Å²) in [6.45, 7) is 2.00. The second kappa shape index (κ2) is 9.56. The Labute approximate surface area is 56.9 Å². The van der Waals surface area contributed by atoms with Gasteiger partial charge in [0.2, 0.25) is 0 Å². The minimum Gasteiger partial charge on any atom is -0.307 e. The van der Waals surface area contributed by atoms with Gasteiger partial charge in [0.1, 0.15) is 11.3 Å². The third kappa shape index (κ3) is 22.1. The van der Waals surface area contributed by atoms with Crippen molar-refractivity contribution in [2.45, 2.75) is 0 Å². The fourth-order valence-electron chi connectivity index (χ4n) is 0. The first-order valence-electron chi connectivity index (χ1n) is 1.17. The van der Waals surface area contributed by atoms with Gasteiger partial charge in [-0.25, -0.2) is 0 Å². The van der Waals surface area contributed by atoms with Gasteiger partial charge in [0.05, 0.1) is 0 Å². The average Bonchev–Trinajstić information content (AvgIpc) is 1.73. The molecule has 0 bridgehead atoms. The lowest BCUT2D eigenvalue weighted by Gasteiger charge is -1.64. The summed E-state index contributed by atoms with van der Waals surface area (Å²) in [5.74, 6) is 0. The highest BCUT2D eigenvalue weighted by molar-refractivity contribution is 6.58. The van der Waals surface area contributed by atoms with Gasteiger partial charge in [-0.1, -0.05) is 34.8 Å². The standard InChI is InChI=1S/C2HCl3.CH2O/c3-1-2(4)5;1-2/h1H;1H2. The molecule has 0 aliphatic heterocycles. The number of carbonyl (C=O) groups is 1. The van der Waals surface area contributed by atoms with Crippen molar-refractivity contribution in [3.8, 4) is 0 Å². The molecular formula is C3H3Cl3O. The number of halogens is 3. The summed E-state index contributed by atoms with van der Waals surface area (Å²) in [4.78, 5) is 8.00. The first kappa shape index (κ1) is 10.3. The van der Waals surface area contributed by atoms with E-state index in [1.807, 2.05) is 6.79 Å². The van der Waals surface area contributed by atoms with Gasteiger partial charge >= 0.3 is 0 Å². The molecule has 4 heteroatoms. The lowest BCUT2D eigenvalue weighted by Crippen LogP contribution is -1.33. The molecule has 0 aromatic rings. The highest BCUT2D eigenvalue weighted by Gasteiger charge is 1.70. The van der Waals surface area contributed by atoms with Gasteiger partial charge in [0.15, 0.2) is 0 Å². The minimum atomic E-state index is 0.0895. The maximum atomic E-state index is 8.00. The molecule has 0 aliphatic carbocycles. The average molecular weight is 161 g/mol. The molecule has 0 N–H and O–H groups in total. The zero-order chi connectivity index (χ0) is 6.28. The van der Waals surface area contributed by atoms with Crippen LogP contribution in [0, 0.1) is 0 Å². The second-order valence-electron chi connectivity index (χ2n) is 0.399. The van der Waals surface area contributed by atoms with Gasteiger partial charge in [-0.3, -0.25) is 0 Å². The molecule has 0 saturated heterocycles. The monoisotopic (exact) mass is 160 g/mol. The molecular weight excluding hydrogens is 158 g/mol. The van der Waals surface area contributed by atoms with Crippen LogP contribution in [-0.2, 0) is 4.79 Å². The Kier molecular flexibility index (Phi) is 14.1. The number of hydrogen-bond donors (Lipinski definition) is 0. The molecule has 0 spiro atoms. The normalized spacial score (nSPS) is 5.57. The van der Waals surface area contributed by atoms with Crippen LogP contribution in [0.5, 0.6) is 0 Å². The van der Waals surface area contributed by atoms with Crippen LogP contribution in [-0.4, -0.2) is 6.79 Å². The number of hydrogen-bond acceptors (Lipinski definition) is 1. The van der Waals surface area contributed by atoms with Crippen molar-refractivity contribution >= 4 is 41.6 Å². The maximum absolute atomic E-state index is 8.00. The van der Waals surface area contributed by atoms with Crippen LogP contribution in [0.15, 0.2) is 10.0 Å². The minimum absolute atomic E-state index is 0.0895. The molecule has 0 atom stereocenters. The Morgan fingerprint density at radius 1 is 1.43 bits per heavy atom. The molecule has 0 aromatic heterocycles. The molecule has 0 saturated carbocycles. The molecule has 0 aromatic carbocycles. The Bertz CT molecular complexity index is 57.2. The Morgan fingerprint density at radius 3 is 1.57 bits per heavy atom. The summed E-state index contributed by atoms with van der Waals surface area (Å²) >= 11 is 14.8. The van der Waals surface area contributed by atoms with E-state index in [4.69, 9.17) is 39.6 Å². The van der Waals surface area contributed by atoms with Gasteiger partial charge in [-0.05, 0) is 0 Å². The van der Waals surface area contributed by atoms with Crippen molar-refractivity contribution in [1.29, 1.82) is 0 Å². The molecule has 0 aliphatic rings. The van der Waals surface area contributed by atoms with Gasteiger partial charge in [0.25, 0.3) is 0 Å². The van der Waals surface area contributed by atoms with E-state index in [1.54, 1.807) is 0 Å². The predicted octanol–water partition coefficient (Wildman–Crippen LogP) is 2.32. The van der Waals surface area contributed by atoms with Crippen molar-refractivity contribution in [3.05, 3.63) is 10.0 Å². The van der Waals surface area contributed by atoms with Crippen molar-refractivity contribution in [2.75, 3.05) is 0 Å². The van der Waals surface area contributed by atoms with E-state index >= 15 is 0 Å². The van der Waals surface area contributed by atoms with Crippen LogP contribution in [0.25, 0.3) is 0 Å². The van der Waals surface area contributed by atoms with E-state index in [9.17, 15) is 0 Å². The molecule has 0 rings (SSSR count). The molecule has 1 nitrogen and oxygen atoms in total. The van der Waals surface area contributed by atoms with E-state index in [-0.39, 0.29) is 4.49 Å². The van der Waals surface area contributed by atoms with E-state index in [2.05, 4.69) is 0 Å². The second-order valence-corrected chi connectivity index (χ2v) is 1.62. The quantitative estimate of drug-likeness (QED) is 0.533. The molecule has 42 valence electrons. The van der Waals surface area contributed by atoms with Crippen molar-refractivity contribution in [2.24, 2.45) is 0 Å². The fourth-order valence-corrected chi connectivity index (χ4v) is 0. The summed E-state index contributed by atoms with van der Waals surface area (Å²) < 4.78 is 0.0895. The van der Waals surface area contributed by atoms with Gasteiger partial charge in [0, 0.05) is 5.54 Å². The van der Waals surface area contributed by atoms with Crippen molar-refractivity contribution < 1.29 is 4.79 Å². The fraction of sp³-hybridized carbons (Fsp3) is 0. The van der Waals surface area contributed by atoms with Gasteiger partial charge < -0.3 is 4.79 Å². The molecule has 7 heavy (non-hydrogen) atoms. The van der Waals surface area contributed by atoms with Crippen molar-refractivity contribution in [3.63, 3.8) is 0 Å². The van der Waals surface area contributed by atoms with Crippen LogP contribution in [0.3, 0.4) is 0 Å². The summed E-state index contributed by atoms with van der Waals surface area (Å²) in [5.41, 5.74) is 1.09. The highest BCUT2D eigenvalue weighted by Crippen LogP contribution is 2.05. The van der Waals surface area contributed by atoms with Gasteiger partial charge in [-0.15, -0.1) is 0 Å². The lowest BCUT2D eigenvalue weighted by molar-refractivity contribution is -0.0979. The largest absolute Gasteiger partial charge is 0.307 e. The third-order valence-corrected chi connectivity index (χ3v) is 0.742. The van der Waals surface area contributed by atoms with E-state index in [0.717, 1.165) is 5.54 Å². The number of rotatable bonds is 0. The molecule has 0 radical (unpaired) electrons. The zero-order valence-corrected chi connectivity index (χ0v) is 5.59. The predicted molar refractivity (Wildman–Crippen MR) is 32.8 cm³/mol. The maximum Gasteiger partial charge on any atom is 0.118 e. The van der Waals surface area contributed by atoms with Crippen LogP contribution < -0.4 is 0 Å². The molecule has 0 amide bonds. The summed E-state index contributed by atoms with van der Waals surface area (Å²) in [7, 11) is 0. The zero-order valence-electron chi connectivity index (χ0n) is 3.33. The third-order valence-electron chi connectivity index (χ3n) is 0.0825. The summed E-state index contributed by atoms with van der Waals surface area (Å²) in [6.07, 6.45) is 0. The lowest BCUT2D eigenvalue weighted by atomic mass is 11.2. The number of carbonyl (C=O) groups excluding carboxylic acids is 1. The molecule has 0 unspecified atom stereocenters. The van der Waals surface area contributed by atoms with Crippen molar-refractivity contribution in [1.82, 2.24) is 0 Å². The molecule has 0 fully saturated rings. The highest BCUT2D eigenvalue weighted by atomic mass is 35.5. The Balaban J connectivity index is 0. The van der Waals surface area contributed by atoms with E-state index < -0.39 is 0 Å². The smallest absolute Gasteiger partial charge is 0.118 e.